The quantitative estimate of drug-likeness (QED) is 0.860. The van der Waals surface area contributed by atoms with Gasteiger partial charge in [-0.25, -0.2) is 4.39 Å². The van der Waals surface area contributed by atoms with Crippen molar-refractivity contribution in [2.45, 2.75) is 32.2 Å². The summed E-state index contributed by atoms with van der Waals surface area (Å²) in [6, 6.07) is 9.23. The third-order valence-electron chi connectivity index (χ3n) is 4.08. The fourth-order valence-electron chi connectivity index (χ4n) is 2.30. The zero-order chi connectivity index (χ0) is 16.2. The standard InChI is InChI=1S/C17H21FN2O2/c1-3-17(4-2,11-19)20-16(21)15-10-9-14(22-15)12-5-7-13(18)8-6-12/h5-10H,3-4,11,19H2,1-2H3,(H,20,21). The van der Waals surface area contributed by atoms with Crippen molar-refractivity contribution in [1.82, 2.24) is 5.32 Å². The topological polar surface area (TPSA) is 68.3 Å². The van der Waals surface area contributed by atoms with E-state index in [-0.39, 0.29) is 17.5 Å². The van der Waals surface area contributed by atoms with E-state index >= 15 is 0 Å². The number of amides is 1. The van der Waals surface area contributed by atoms with Crippen LogP contribution in [-0.4, -0.2) is 18.0 Å². The van der Waals surface area contributed by atoms with E-state index in [4.69, 9.17) is 10.2 Å². The number of carbonyl (C=O) groups excluding carboxylic acids is 1. The lowest BCUT2D eigenvalue weighted by atomic mass is 9.93. The van der Waals surface area contributed by atoms with Crippen molar-refractivity contribution in [1.29, 1.82) is 0 Å². The summed E-state index contributed by atoms with van der Waals surface area (Å²) in [4.78, 5) is 12.3. The first kappa shape index (κ1) is 16.2. The minimum Gasteiger partial charge on any atom is -0.451 e. The molecule has 1 aromatic carbocycles. The predicted octanol–water partition coefficient (Wildman–Crippen LogP) is 3.33. The van der Waals surface area contributed by atoms with Gasteiger partial charge in [-0.1, -0.05) is 13.8 Å². The molecule has 1 heterocycles. The van der Waals surface area contributed by atoms with E-state index in [1.165, 1.54) is 12.1 Å². The maximum atomic E-state index is 12.9. The SMILES string of the molecule is CCC(CC)(CN)NC(=O)c1ccc(-c2ccc(F)cc2)o1. The molecule has 0 unspecified atom stereocenters. The molecular formula is C17H21FN2O2. The van der Waals surface area contributed by atoms with Crippen LogP contribution >= 0.6 is 0 Å². The minimum atomic E-state index is -0.417. The first-order valence-electron chi connectivity index (χ1n) is 7.42. The lowest BCUT2D eigenvalue weighted by molar-refractivity contribution is 0.0867. The van der Waals surface area contributed by atoms with E-state index < -0.39 is 5.54 Å². The molecule has 0 radical (unpaired) electrons. The van der Waals surface area contributed by atoms with Crippen LogP contribution in [0.15, 0.2) is 40.8 Å². The van der Waals surface area contributed by atoms with Gasteiger partial charge in [-0.15, -0.1) is 0 Å². The highest BCUT2D eigenvalue weighted by Gasteiger charge is 2.28. The summed E-state index contributed by atoms with van der Waals surface area (Å²) >= 11 is 0. The number of nitrogens with two attached hydrogens (primary N) is 1. The number of hydrogen-bond acceptors (Lipinski definition) is 3. The van der Waals surface area contributed by atoms with Crippen molar-refractivity contribution in [2.24, 2.45) is 5.73 Å². The van der Waals surface area contributed by atoms with E-state index in [1.807, 2.05) is 13.8 Å². The number of nitrogens with one attached hydrogen (secondary N) is 1. The molecule has 0 spiro atoms. The Labute approximate surface area is 129 Å². The number of halogens is 1. The Morgan fingerprint density at radius 3 is 2.36 bits per heavy atom. The van der Waals surface area contributed by atoms with Crippen LogP contribution in [0.3, 0.4) is 0 Å². The normalized spacial score (nSPS) is 11.5. The Morgan fingerprint density at radius 2 is 1.82 bits per heavy atom. The number of furan rings is 1. The zero-order valence-corrected chi connectivity index (χ0v) is 12.9. The van der Waals surface area contributed by atoms with Crippen molar-refractivity contribution in [3.8, 4) is 11.3 Å². The molecule has 2 aromatic rings. The number of carbonyl (C=O) groups is 1. The largest absolute Gasteiger partial charge is 0.451 e. The van der Waals surface area contributed by atoms with Gasteiger partial charge in [0.1, 0.15) is 11.6 Å². The molecule has 4 nitrogen and oxygen atoms in total. The summed E-state index contributed by atoms with van der Waals surface area (Å²) in [6.45, 7) is 4.35. The predicted molar refractivity (Wildman–Crippen MR) is 83.9 cm³/mol. The summed E-state index contributed by atoms with van der Waals surface area (Å²) in [7, 11) is 0. The van der Waals surface area contributed by atoms with E-state index in [0.717, 1.165) is 18.4 Å². The molecular weight excluding hydrogens is 283 g/mol. The summed E-state index contributed by atoms with van der Waals surface area (Å²) < 4.78 is 18.5. The molecule has 0 fully saturated rings. The van der Waals surface area contributed by atoms with Gasteiger partial charge in [-0.2, -0.15) is 0 Å². The number of benzene rings is 1. The molecule has 3 N–H and O–H groups in total. The Kier molecular flexibility index (Phi) is 4.98. The van der Waals surface area contributed by atoms with Gasteiger partial charge in [0.2, 0.25) is 0 Å². The fraction of sp³-hybridized carbons (Fsp3) is 0.353. The summed E-state index contributed by atoms with van der Waals surface area (Å²) in [5, 5.41) is 2.95. The number of hydrogen-bond donors (Lipinski definition) is 2. The smallest absolute Gasteiger partial charge is 0.287 e. The molecule has 0 aliphatic rings. The van der Waals surface area contributed by atoms with Gasteiger partial charge < -0.3 is 15.5 Å². The first-order valence-corrected chi connectivity index (χ1v) is 7.42. The van der Waals surface area contributed by atoms with Crippen LogP contribution in [0.5, 0.6) is 0 Å². The molecule has 5 heteroatoms. The van der Waals surface area contributed by atoms with E-state index in [0.29, 0.717) is 12.3 Å². The molecule has 0 atom stereocenters. The maximum Gasteiger partial charge on any atom is 0.287 e. The summed E-state index contributed by atoms with van der Waals surface area (Å²) in [5.41, 5.74) is 6.09. The first-order chi connectivity index (χ1) is 10.5. The third-order valence-corrected chi connectivity index (χ3v) is 4.08. The van der Waals surface area contributed by atoms with Gasteiger partial charge >= 0.3 is 0 Å². The van der Waals surface area contributed by atoms with Crippen LogP contribution in [0.2, 0.25) is 0 Å². The summed E-state index contributed by atoms with van der Waals surface area (Å²) in [5.74, 6) is 0.143. The second kappa shape index (κ2) is 6.75. The van der Waals surface area contributed by atoms with E-state index in [2.05, 4.69) is 5.32 Å². The van der Waals surface area contributed by atoms with Crippen molar-refractivity contribution in [3.05, 3.63) is 48.0 Å². The highest BCUT2D eigenvalue weighted by molar-refractivity contribution is 5.92. The van der Waals surface area contributed by atoms with Crippen molar-refractivity contribution < 1.29 is 13.6 Å². The average molecular weight is 304 g/mol. The highest BCUT2D eigenvalue weighted by atomic mass is 19.1. The monoisotopic (exact) mass is 304 g/mol. The van der Waals surface area contributed by atoms with Crippen molar-refractivity contribution >= 4 is 5.91 Å². The molecule has 118 valence electrons. The van der Waals surface area contributed by atoms with Crippen molar-refractivity contribution in [2.75, 3.05) is 6.54 Å². The summed E-state index contributed by atoms with van der Waals surface area (Å²) in [6.07, 6.45) is 1.49. The molecule has 1 aromatic heterocycles. The third kappa shape index (κ3) is 3.36. The molecule has 0 aliphatic carbocycles. The van der Waals surface area contributed by atoms with Crippen LogP contribution in [-0.2, 0) is 0 Å². The highest BCUT2D eigenvalue weighted by Crippen LogP contribution is 2.23. The Hall–Kier alpha value is -2.14. The molecule has 0 aliphatic heterocycles. The number of rotatable bonds is 6. The second-order valence-corrected chi connectivity index (χ2v) is 5.32. The molecule has 0 saturated heterocycles. The van der Waals surface area contributed by atoms with E-state index in [9.17, 15) is 9.18 Å². The van der Waals surface area contributed by atoms with Crippen LogP contribution in [0.1, 0.15) is 37.2 Å². The van der Waals surface area contributed by atoms with Crippen molar-refractivity contribution in [3.63, 3.8) is 0 Å². The lowest BCUT2D eigenvalue weighted by Crippen LogP contribution is -2.52. The average Bonchev–Trinajstić information content (AvgIpc) is 3.03. The van der Waals surface area contributed by atoms with Crippen LogP contribution in [0.25, 0.3) is 11.3 Å². The maximum absolute atomic E-state index is 12.9. The van der Waals surface area contributed by atoms with Gasteiger partial charge in [-0.3, -0.25) is 4.79 Å². The Bertz CT molecular complexity index is 622. The fourth-order valence-corrected chi connectivity index (χ4v) is 2.30. The minimum absolute atomic E-state index is 0.221. The molecule has 1 amide bonds. The van der Waals surface area contributed by atoms with Crippen LogP contribution in [0.4, 0.5) is 4.39 Å². The Morgan fingerprint density at radius 1 is 1.18 bits per heavy atom. The molecule has 22 heavy (non-hydrogen) atoms. The van der Waals surface area contributed by atoms with Crippen LogP contribution < -0.4 is 11.1 Å². The molecule has 0 saturated carbocycles. The molecule has 2 rings (SSSR count). The van der Waals surface area contributed by atoms with Crippen LogP contribution in [0, 0.1) is 5.82 Å². The van der Waals surface area contributed by atoms with E-state index in [1.54, 1.807) is 24.3 Å². The Balaban J connectivity index is 2.17. The molecule has 0 bridgehead atoms. The lowest BCUT2D eigenvalue weighted by Gasteiger charge is -2.30. The van der Waals surface area contributed by atoms with Gasteiger partial charge in [0, 0.05) is 12.1 Å². The van der Waals surface area contributed by atoms with Gasteiger partial charge in [-0.05, 0) is 49.2 Å². The second-order valence-electron chi connectivity index (χ2n) is 5.32. The van der Waals surface area contributed by atoms with Gasteiger partial charge in [0.05, 0.1) is 5.54 Å². The van der Waals surface area contributed by atoms with Gasteiger partial charge in [0.25, 0.3) is 5.91 Å². The van der Waals surface area contributed by atoms with Gasteiger partial charge in [0.15, 0.2) is 5.76 Å². The zero-order valence-electron chi connectivity index (χ0n) is 12.9.